The van der Waals surface area contributed by atoms with E-state index < -0.39 is 141 Å². The zero-order chi connectivity index (χ0) is 51.7. The van der Waals surface area contributed by atoms with E-state index in [-0.39, 0.29) is 16.9 Å². The summed E-state index contributed by atoms with van der Waals surface area (Å²) < 4.78 is 61.9. The summed E-state index contributed by atoms with van der Waals surface area (Å²) in [5.41, 5.74) is 1.37. The molecule has 72 heavy (non-hydrogen) atoms. The molecule has 0 unspecified atom stereocenters. The third-order valence-corrected chi connectivity index (χ3v) is 19.8. The second-order valence-corrected chi connectivity index (χ2v) is 24.1. The van der Waals surface area contributed by atoms with Crippen molar-refractivity contribution in [1.82, 2.24) is 0 Å². The van der Waals surface area contributed by atoms with Gasteiger partial charge in [-0.05, 0) is 113 Å². The van der Waals surface area contributed by atoms with Gasteiger partial charge in [0.25, 0.3) is 0 Å². The zero-order valence-electron chi connectivity index (χ0n) is 42.4. The van der Waals surface area contributed by atoms with Crippen molar-refractivity contribution in [3.63, 3.8) is 0 Å². The van der Waals surface area contributed by atoms with Crippen LogP contribution >= 0.6 is 0 Å². The minimum Gasteiger partial charge on any atom is -0.394 e. The SMILES string of the molecule is C[C@@H]1CC[C@@]2(OC1)O[C@@H]1C[C@H]3[C@@H]4CC=C5C[C@@H](O[C@@H]6O[C@H](CO)[C@@H](O[C@@H]7O[C@@H](C)[C@H](O)[C@@H](O)[C@H]7O)[C@H](O)[C@H]6O[C@@H]6O[C@@H](C)[C@H](O[C@@H]7O[C@@H](C)[C@H](O)[C@@H](O)C7(O)O)[C@@H](O)[C@H]6O)CC[C@]5(C)[C@H]4CC[C@]3(C)[C@H]1[C@@H]2C. The number of rotatable bonds is 9. The molecule has 1 spiro atoms. The fourth-order valence-electron chi connectivity index (χ4n) is 15.5. The number of hydrogen-bond acceptors (Lipinski definition) is 21. The highest BCUT2D eigenvalue weighted by atomic mass is 16.8. The first-order valence-corrected chi connectivity index (χ1v) is 26.7. The van der Waals surface area contributed by atoms with E-state index in [9.17, 15) is 56.2 Å². The molecule has 0 bridgehead atoms. The molecule has 10 rings (SSSR count). The van der Waals surface area contributed by atoms with Gasteiger partial charge in [0.15, 0.2) is 24.7 Å². The van der Waals surface area contributed by atoms with Gasteiger partial charge in [0.2, 0.25) is 12.1 Å². The van der Waals surface area contributed by atoms with Crippen LogP contribution in [0.2, 0.25) is 0 Å². The molecule has 9 fully saturated rings. The third kappa shape index (κ3) is 8.90. The molecule has 4 aliphatic carbocycles. The maximum Gasteiger partial charge on any atom is 0.245 e. The lowest BCUT2D eigenvalue weighted by Crippen LogP contribution is -2.69. The van der Waals surface area contributed by atoms with E-state index in [2.05, 4.69) is 33.8 Å². The summed E-state index contributed by atoms with van der Waals surface area (Å²) in [5, 5.41) is 120. The van der Waals surface area contributed by atoms with E-state index in [0.29, 0.717) is 48.3 Å². The van der Waals surface area contributed by atoms with Gasteiger partial charge in [-0.25, -0.2) is 0 Å². The maximum absolute atomic E-state index is 12.3. The van der Waals surface area contributed by atoms with Crippen LogP contribution in [0.1, 0.15) is 106 Å². The zero-order valence-corrected chi connectivity index (χ0v) is 42.4. The van der Waals surface area contributed by atoms with E-state index >= 15 is 0 Å². The quantitative estimate of drug-likeness (QED) is 0.102. The van der Waals surface area contributed by atoms with E-state index in [1.807, 2.05) is 0 Å². The van der Waals surface area contributed by atoms with Gasteiger partial charge >= 0.3 is 0 Å². The molecular formula is C51H82O21. The van der Waals surface area contributed by atoms with Crippen molar-refractivity contribution in [1.29, 1.82) is 0 Å². The van der Waals surface area contributed by atoms with Crippen molar-refractivity contribution in [2.24, 2.45) is 46.3 Å². The van der Waals surface area contributed by atoms with Crippen molar-refractivity contribution < 1.29 is 104 Å². The van der Waals surface area contributed by atoms with Gasteiger partial charge in [0.1, 0.15) is 73.2 Å². The predicted octanol–water partition coefficient (Wildman–Crippen LogP) is -0.586. The molecule has 6 heterocycles. The molecule has 3 saturated carbocycles. The fraction of sp³-hybridized carbons (Fsp3) is 0.961. The molecule has 0 aromatic carbocycles. The molecule has 6 aliphatic heterocycles. The van der Waals surface area contributed by atoms with Crippen LogP contribution in [0.15, 0.2) is 11.6 Å². The van der Waals surface area contributed by atoms with Crippen LogP contribution in [0.4, 0.5) is 0 Å². The minimum atomic E-state index is -3.13. The molecule has 21 nitrogen and oxygen atoms in total. The molecule has 21 heteroatoms. The molecule has 0 aromatic heterocycles. The highest BCUT2D eigenvalue weighted by Crippen LogP contribution is 2.71. The fourth-order valence-corrected chi connectivity index (χ4v) is 15.5. The summed E-state index contributed by atoms with van der Waals surface area (Å²) >= 11 is 0. The highest BCUT2D eigenvalue weighted by Gasteiger charge is 2.69. The molecule has 30 atom stereocenters. The van der Waals surface area contributed by atoms with Crippen molar-refractivity contribution in [3.8, 4) is 0 Å². The Labute approximate surface area is 420 Å². The Hall–Kier alpha value is -1.10. The average molecular weight is 1030 g/mol. The Morgan fingerprint density at radius 3 is 2.01 bits per heavy atom. The first kappa shape index (κ1) is 54.3. The summed E-state index contributed by atoms with van der Waals surface area (Å²) in [6.45, 7) is 13.8. The summed E-state index contributed by atoms with van der Waals surface area (Å²) in [4.78, 5) is 0. The van der Waals surface area contributed by atoms with Crippen LogP contribution in [-0.2, 0) is 47.4 Å². The summed E-state index contributed by atoms with van der Waals surface area (Å²) in [6, 6.07) is 0. The van der Waals surface area contributed by atoms with E-state index in [4.69, 9.17) is 47.4 Å². The molecule has 11 N–H and O–H groups in total. The largest absolute Gasteiger partial charge is 0.394 e. The van der Waals surface area contributed by atoms with Gasteiger partial charge in [0, 0.05) is 12.3 Å². The summed E-state index contributed by atoms with van der Waals surface area (Å²) in [7, 11) is 0. The molecule has 0 radical (unpaired) electrons. The van der Waals surface area contributed by atoms with E-state index in [0.717, 1.165) is 51.6 Å². The van der Waals surface area contributed by atoms with Gasteiger partial charge in [-0.2, -0.15) is 0 Å². The highest BCUT2D eigenvalue weighted by molar-refractivity contribution is 5.26. The number of aliphatic hydroxyl groups is 11. The molecule has 412 valence electrons. The Kier molecular flexibility index (Phi) is 15.1. The lowest BCUT2D eigenvalue weighted by molar-refractivity contribution is -0.426. The van der Waals surface area contributed by atoms with Gasteiger partial charge in [0.05, 0.1) is 43.7 Å². The lowest BCUT2D eigenvalue weighted by Gasteiger charge is -2.59. The number of ether oxygens (including phenoxy) is 10. The minimum absolute atomic E-state index is 0.0844. The molecule has 6 saturated heterocycles. The smallest absolute Gasteiger partial charge is 0.245 e. The number of fused-ring (bicyclic) bond motifs is 7. The number of aliphatic hydroxyl groups excluding tert-OH is 9. The van der Waals surface area contributed by atoms with Gasteiger partial charge < -0.3 is 104 Å². The van der Waals surface area contributed by atoms with Crippen molar-refractivity contribution in [2.45, 2.75) is 247 Å². The van der Waals surface area contributed by atoms with E-state index in [1.54, 1.807) is 0 Å². The molecular weight excluding hydrogens is 949 g/mol. The molecule has 0 aromatic rings. The Balaban J connectivity index is 0.858. The summed E-state index contributed by atoms with van der Waals surface area (Å²) in [6.07, 6.45) is -19.9. The molecule has 0 amide bonds. The van der Waals surface area contributed by atoms with Gasteiger partial charge in [-0.15, -0.1) is 0 Å². The normalized spacial score (nSPS) is 57.5. The first-order chi connectivity index (χ1) is 33.9. The van der Waals surface area contributed by atoms with Crippen molar-refractivity contribution in [3.05, 3.63) is 11.6 Å². The van der Waals surface area contributed by atoms with Gasteiger partial charge in [-0.1, -0.05) is 39.3 Å². The Morgan fingerprint density at radius 2 is 1.32 bits per heavy atom. The first-order valence-electron chi connectivity index (χ1n) is 26.7. The summed E-state index contributed by atoms with van der Waals surface area (Å²) in [5.74, 6) is -0.774. The van der Waals surface area contributed by atoms with Crippen LogP contribution in [0.3, 0.4) is 0 Å². The predicted molar refractivity (Wildman–Crippen MR) is 245 cm³/mol. The number of allylic oxidation sites excluding steroid dienone is 1. The van der Waals surface area contributed by atoms with Crippen molar-refractivity contribution in [2.75, 3.05) is 13.2 Å². The standard InChI is InChI=1S/C51H82O21/c1-20-10-15-50(63-19-20)21(2)32-30(72-50)17-29-27-9-8-25-16-26(11-13-48(25,6)28(27)12-14-49(29,32)7)67-46-42(39(59)41(31(18-52)68-46)69-44-37(57)35(55)33(53)22(3)64-44)70-45-38(58)36(56)40(24(5)65-45)71-47-51(61,62)43(60)34(54)23(4)66-47/h8,20-24,26-47,52-62H,9-19H2,1-7H3/t20-,21+,22+,23+,24+,26+,27-,28+,29+,30-,31-,32+,33+,34+,35-,36+,37-,38-,39+,40+,41-,42-,43-,44+,45+,46-,47+,48+,49+,50-/m1/s1. The van der Waals surface area contributed by atoms with Crippen LogP contribution in [0, 0.1) is 46.3 Å². The van der Waals surface area contributed by atoms with Crippen molar-refractivity contribution >= 4 is 0 Å². The average Bonchev–Trinajstić information content (AvgIpc) is 3.79. The third-order valence-electron chi connectivity index (χ3n) is 19.8. The van der Waals surface area contributed by atoms with Crippen LogP contribution in [0.5, 0.6) is 0 Å². The number of hydrogen-bond donors (Lipinski definition) is 11. The Morgan fingerprint density at radius 1 is 0.639 bits per heavy atom. The van der Waals surface area contributed by atoms with E-state index in [1.165, 1.54) is 26.3 Å². The monoisotopic (exact) mass is 1030 g/mol. The maximum atomic E-state index is 12.3. The molecule has 10 aliphatic rings. The van der Waals surface area contributed by atoms with Crippen LogP contribution in [-0.4, -0.2) is 210 Å². The lowest BCUT2D eigenvalue weighted by atomic mass is 9.47. The second-order valence-electron chi connectivity index (χ2n) is 24.1. The van der Waals surface area contributed by atoms with Crippen LogP contribution < -0.4 is 0 Å². The topological polar surface area (TPSA) is 315 Å². The second kappa shape index (κ2) is 20.0. The Bertz CT molecular complexity index is 1940. The van der Waals surface area contributed by atoms with Gasteiger partial charge in [-0.3, -0.25) is 0 Å². The van der Waals surface area contributed by atoms with Crippen LogP contribution in [0.25, 0.3) is 0 Å².